The van der Waals surface area contributed by atoms with E-state index in [9.17, 15) is 5.11 Å². The Bertz CT molecular complexity index is 442. The zero-order valence-electron chi connectivity index (χ0n) is 13.1. The van der Waals surface area contributed by atoms with E-state index in [2.05, 4.69) is 41.5 Å². The van der Waals surface area contributed by atoms with E-state index in [-0.39, 0.29) is 5.41 Å². The summed E-state index contributed by atoms with van der Waals surface area (Å²) in [5, 5.41) is 13.2. The second-order valence-electron chi connectivity index (χ2n) is 6.26. The fourth-order valence-corrected chi connectivity index (χ4v) is 2.03. The van der Waals surface area contributed by atoms with Gasteiger partial charge >= 0.3 is 0 Å². The summed E-state index contributed by atoms with van der Waals surface area (Å²) in [4.78, 5) is 8.75. The van der Waals surface area contributed by atoms with E-state index in [0.29, 0.717) is 12.4 Å². The van der Waals surface area contributed by atoms with Crippen molar-refractivity contribution < 1.29 is 5.11 Å². The summed E-state index contributed by atoms with van der Waals surface area (Å²) in [7, 11) is 0. The third kappa shape index (κ3) is 4.94. The van der Waals surface area contributed by atoms with Crippen LogP contribution in [0.25, 0.3) is 0 Å². The highest BCUT2D eigenvalue weighted by molar-refractivity contribution is 5.56. The number of aromatic nitrogens is 2. The van der Waals surface area contributed by atoms with E-state index in [0.717, 1.165) is 30.0 Å². The van der Waals surface area contributed by atoms with E-state index < -0.39 is 6.10 Å². The Morgan fingerprint density at radius 2 is 1.85 bits per heavy atom. The number of nitrogens with zero attached hydrogens (tertiary/aromatic N) is 2. The Balaban J connectivity index is 2.77. The molecule has 1 atom stereocenters. The summed E-state index contributed by atoms with van der Waals surface area (Å²) in [6.07, 6.45) is 1.05. The van der Waals surface area contributed by atoms with Crippen LogP contribution in [-0.4, -0.2) is 27.7 Å². The standard InChI is InChI=1S/C14H27N5O/c1-6-11-17-12(9(2)13(18-11)19-15)16-8-10(20)7-14(3,4)5/h10,20H,6-8,15H2,1-5H3,(H2,16,17,18,19). The van der Waals surface area contributed by atoms with Crippen LogP contribution in [0.15, 0.2) is 0 Å². The third-order valence-corrected chi connectivity index (χ3v) is 3.00. The molecule has 0 radical (unpaired) electrons. The van der Waals surface area contributed by atoms with Crippen LogP contribution in [0.1, 0.15) is 45.5 Å². The highest BCUT2D eigenvalue weighted by Gasteiger charge is 2.17. The maximum atomic E-state index is 10.0. The molecule has 0 spiro atoms. The summed E-state index contributed by atoms with van der Waals surface area (Å²) in [6.45, 7) is 10.7. The molecule has 5 N–H and O–H groups in total. The molecule has 1 aromatic rings. The van der Waals surface area contributed by atoms with Crippen LogP contribution >= 0.6 is 0 Å². The monoisotopic (exact) mass is 281 g/mol. The van der Waals surface area contributed by atoms with Crippen molar-refractivity contribution in [3.8, 4) is 0 Å². The van der Waals surface area contributed by atoms with Gasteiger partial charge in [-0.3, -0.25) is 0 Å². The number of rotatable bonds is 6. The minimum atomic E-state index is -0.413. The molecule has 1 heterocycles. The van der Waals surface area contributed by atoms with Gasteiger partial charge in [-0.05, 0) is 18.8 Å². The molecule has 0 aliphatic carbocycles. The van der Waals surface area contributed by atoms with Crippen molar-refractivity contribution in [2.45, 2.75) is 53.6 Å². The lowest BCUT2D eigenvalue weighted by molar-refractivity contribution is 0.132. The average molecular weight is 281 g/mol. The van der Waals surface area contributed by atoms with E-state index in [1.165, 1.54) is 0 Å². The number of aryl methyl sites for hydroxylation is 1. The molecule has 0 saturated heterocycles. The quantitative estimate of drug-likeness (QED) is 0.469. The molecule has 20 heavy (non-hydrogen) atoms. The first-order valence-corrected chi connectivity index (χ1v) is 7.03. The molecular weight excluding hydrogens is 254 g/mol. The summed E-state index contributed by atoms with van der Waals surface area (Å²) in [6, 6.07) is 0. The number of hydrogen-bond donors (Lipinski definition) is 4. The second kappa shape index (κ2) is 6.85. The lowest BCUT2D eigenvalue weighted by Gasteiger charge is -2.23. The number of hydrazine groups is 1. The van der Waals surface area contributed by atoms with Gasteiger partial charge in [-0.2, -0.15) is 0 Å². The second-order valence-corrected chi connectivity index (χ2v) is 6.26. The van der Waals surface area contributed by atoms with Gasteiger partial charge in [-0.15, -0.1) is 0 Å². The Kier molecular flexibility index (Phi) is 5.71. The van der Waals surface area contributed by atoms with Crippen molar-refractivity contribution in [3.05, 3.63) is 11.4 Å². The van der Waals surface area contributed by atoms with Gasteiger partial charge in [-0.1, -0.05) is 27.7 Å². The maximum absolute atomic E-state index is 10.0. The molecule has 0 bridgehead atoms. The fourth-order valence-electron chi connectivity index (χ4n) is 2.03. The van der Waals surface area contributed by atoms with Gasteiger partial charge in [0, 0.05) is 18.5 Å². The van der Waals surface area contributed by atoms with Gasteiger partial charge in [0.15, 0.2) is 0 Å². The number of aliphatic hydroxyl groups is 1. The van der Waals surface area contributed by atoms with Crippen LogP contribution in [0.2, 0.25) is 0 Å². The molecule has 1 aromatic heterocycles. The van der Waals surface area contributed by atoms with Gasteiger partial charge in [0.05, 0.1) is 6.10 Å². The Morgan fingerprint density at radius 1 is 1.25 bits per heavy atom. The number of anilines is 2. The number of aliphatic hydroxyl groups excluding tert-OH is 1. The van der Waals surface area contributed by atoms with Crippen molar-refractivity contribution >= 4 is 11.6 Å². The van der Waals surface area contributed by atoms with Crippen LogP contribution < -0.4 is 16.6 Å². The zero-order chi connectivity index (χ0) is 15.3. The summed E-state index contributed by atoms with van der Waals surface area (Å²) >= 11 is 0. The van der Waals surface area contributed by atoms with Crippen LogP contribution in [0.5, 0.6) is 0 Å². The van der Waals surface area contributed by atoms with Crippen LogP contribution in [0, 0.1) is 12.3 Å². The summed E-state index contributed by atoms with van der Waals surface area (Å²) in [5.41, 5.74) is 3.53. The molecule has 6 heteroatoms. The summed E-state index contributed by atoms with van der Waals surface area (Å²) in [5.74, 6) is 7.52. The molecule has 0 aliphatic rings. The lowest BCUT2D eigenvalue weighted by atomic mass is 9.89. The number of hydrogen-bond acceptors (Lipinski definition) is 6. The zero-order valence-corrected chi connectivity index (χ0v) is 13.1. The maximum Gasteiger partial charge on any atom is 0.148 e. The molecule has 0 saturated carbocycles. The third-order valence-electron chi connectivity index (χ3n) is 3.00. The van der Waals surface area contributed by atoms with Crippen molar-refractivity contribution in [3.63, 3.8) is 0 Å². The van der Waals surface area contributed by atoms with Crippen molar-refractivity contribution in [1.29, 1.82) is 0 Å². The van der Waals surface area contributed by atoms with Crippen LogP contribution in [-0.2, 0) is 6.42 Å². The minimum Gasteiger partial charge on any atom is -0.391 e. The Labute approximate surface area is 121 Å². The first-order chi connectivity index (χ1) is 9.26. The average Bonchev–Trinajstić information content (AvgIpc) is 2.35. The van der Waals surface area contributed by atoms with E-state index in [1.807, 2.05) is 13.8 Å². The first-order valence-electron chi connectivity index (χ1n) is 7.03. The van der Waals surface area contributed by atoms with Crippen molar-refractivity contribution in [2.75, 3.05) is 17.3 Å². The molecule has 6 nitrogen and oxygen atoms in total. The first kappa shape index (κ1) is 16.7. The fraction of sp³-hybridized carbons (Fsp3) is 0.714. The predicted molar refractivity (Wildman–Crippen MR) is 82.5 cm³/mol. The molecule has 114 valence electrons. The van der Waals surface area contributed by atoms with Gasteiger partial charge < -0.3 is 15.8 Å². The SMILES string of the molecule is CCc1nc(NN)c(C)c(NCC(O)CC(C)(C)C)n1. The normalized spacial score (nSPS) is 13.2. The Morgan fingerprint density at radius 3 is 2.35 bits per heavy atom. The highest BCUT2D eigenvalue weighted by atomic mass is 16.3. The number of nitrogens with two attached hydrogens (primary N) is 1. The number of nitrogen functional groups attached to an aromatic ring is 1. The largest absolute Gasteiger partial charge is 0.391 e. The lowest BCUT2D eigenvalue weighted by Crippen LogP contribution is -2.26. The molecular formula is C14H27N5O. The van der Waals surface area contributed by atoms with E-state index >= 15 is 0 Å². The summed E-state index contributed by atoms with van der Waals surface area (Å²) < 4.78 is 0. The van der Waals surface area contributed by atoms with Gasteiger partial charge in [0.25, 0.3) is 0 Å². The molecule has 1 unspecified atom stereocenters. The van der Waals surface area contributed by atoms with E-state index in [1.54, 1.807) is 0 Å². The Hall–Kier alpha value is -1.40. The molecule has 0 fully saturated rings. The minimum absolute atomic E-state index is 0.0976. The van der Waals surface area contributed by atoms with Gasteiger partial charge in [0.1, 0.15) is 17.5 Å². The van der Waals surface area contributed by atoms with Crippen molar-refractivity contribution in [2.24, 2.45) is 11.3 Å². The topological polar surface area (TPSA) is 96.1 Å². The molecule has 1 rings (SSSR count). The predicted octanol–water partition coefficient (Wildman–Crippen LogP) is 1.84. The van der Waals surface area contributed by atoms with Crippen molar-refractivity contribution in [1.82, 2.24) is 9.97 Å². The smallest absolute Gasteiger partial charge is 0.148 e. The highest BCUT2D eigenvalue weighted by Crippen LogP contribution is 2.22. The number of nitrogens with one attached hydrogen (secondary N) is 2. The molecule has 0 aromatic carbocycles. The van der Waals surface area contributed by atoms with Gasteiger partial charge in [-0.25, -0.2) is 15.8 Å². The van der Waals surface area contributed by atoms with Gasteiger partial charge in [0.2, 0.25) is 0 Å². The molecule has 0 aliphatic heterocycles. The van der Waals surface area contributed by atoms with Crippen LogP contribution in [0.3, 0.4) is 0 Å². The van der Waals surface area contributed by atoms with Crippen LogP contribution in [0.4, 0.5) is 11.6 Å². The molecule has 0 amide bonds. The van der Waals surface area contributed by atoms with E-state index in [4.69, 9.17) is 5.84 Å².